The van der Waals surface area contributed by atoms with Crippen molar-refractivity contribution in [3.05, 3.63) is 64.7 Å². The lowest BCUT2D eigenvalue weighted by atomic mass is 9.97. The molecule has 1 atom stereocenters. The fourth-order valence-corrected chi connectivity index (χ4v) is 3.82. The number of fused-ring (bicyclic) bond motifs is 1. The summed E-state index contributed by atoms with van der Waals surface area (Å²) in [6.45, 7) is 10.0. The molecule has 0 fully saturated rings. The summed E-state index contributed by atoms with van der Waals surface area (Å²) in [6.07, 6.45) is 0.403. The van der Waals surface area contributed by atoms with Crippen molar-refractivity contribution in [2.45, 2.75) is 53.0 Å². The Morgan fingerprint density at radius 2 is 1.52 bits per heavy atom. The highest BCUT2D eigenvalue weighted by Crippen LogP contribution is 2.30. The monoisotopic (exact) mass is 392 g/mol. The Morgan fingerprint density at radius 1 is 0.931 bits per heavy atom. The standard InChI is InChI=1S/C24H28N2O3/c1-14(2)13-20(26-23(28)18-10-6-7-11-19(18)24(26)29)22(27)25-21-16(5)9-8-12-17(21)15(3)4/h6-12,14-15,20H,13H2,1-5H3,(H,25,27). The minimum atomic E-state index is -0.859. The lowest BCUT2D eigenvalue weighted by Crippen LogP contribution is -2.48. The summed E-state index contributed by atoms with van der Waals surface area (Å²) in [6, 6.07) is 11.8. The van der Waals surface area contributed by atoms with Gasteiger partial charge in [-0.2, -0.15) is 0 Å². The molecule has 0 radical (unpaired) electrons. The third-order valence-corrected chi connectivity index (χ3v) is 5.31. The number of para-hydroxylation sites is 1. The molecule has 0 aromatic heterocycles. The van der Waals surface area contributed by atoms with Gasteiger partial charge in [0.25, 0.3) is 11.8 Å². The zero-order chi connectivity index (χ0) is 21.3. The number of carbonyl (C=O) groups excluding carboxylic acids is 3. The number of rotatable bonds is 6. The van der Waals surface area contributed by atoms with Gasteiger partial charge in [-0.1, -0.05) is 58.0 Å². The zero-order valence-corrected chi connectivity index (χ0v) is 17.7. The van der Waals surface area contributed by atoms with E-state index in [0.717, 1.165) is 21.7 Å². The molecule has 0 saturated heterocycles. The highest BCUT2D eigenvalue weighted by molar-refractivity contribution is 6.23. The molecule has 5 heteroatoms. The highest BCUT2D eigenvalue weighted by atomic mass is 16.2. The number of nitrogens with one attached hydrogen (secondary N) is 1. The molecule has 0 saturated carbocycles. The molecule has 2 aromatic carbocycles. The van der Waals surface area contributed by atoms with Crippen molar-refractivity contribution >= 4 is 23.4 Å². The van der Waals surface area contributed by atoms with Crippen LogP contribution in [0, 0.1) is 12.8 Å². The number of aryl methyl sites for hydroxylation is 1. The molecule has 152 valence electrons. The van der Waals surface area contributed by atoms with Gasteiger partial charge in [-0.05, 0) is 48.4 Å². The zero-order valence-electron chi connectivity index (χ0n) is 17.7. The van der Waals surface area contributed by atoms with Crippen LogP contribution in [-0.2, 0) is 4.79 Å². The number of imide groups is 1. The van der Waals surface area contributed by atoms with Crippen LogP contribution in [0.1, 0.15) is 71.9 Å². The van der Waals surface area contributed by atoms with Crippen molar-refractivity contribution in [1.29, 1.82) is 0 Å². The fourth-order valence-electron chi connectivity index (χ4n) is 3.82. The largest absolute Gasteiger partial charge is 0.324 e. The van der Waals surface area contributed by atoms with E-state index < -0.39 is 17.9 Å². The smallest absolute Gasteiger partial charge is 0.262 e. The number of hydrogen-bond acceptors (Lipinski definition) is 3. The summed E-state index contributed by atoms with van der Waals surface area (Å²) in [5.41, 5.74) is 3.47. The molecule has 2 aromatic rings. The van der Waals surface area contributed by atoms with E-state index in [0.29, 0.717) is 17.5 Å². The second kappa shape index (κ2) is 8.19. The number of amides is 3. The molecular formula is C24H28N2O3. The lowest BCUT2D eigenvalue weighted by Gasteiger charge is -2.28. The second-order valence-electron chi connectivity index (χ2n) is 8.35. The fraction of sp³-hybridized carbons (Fsp3) is 0.375. The van der Waals surface area contributed by atoms with E-state index in [4.69, 9.17) is 0 Å². The van der Waals surface area contributed by atoms with Crippen LogP contribution in [0.2, 0.25) is 0 Å². The van der Waals surface area contributed by atoms with E-state index >= 15 is 0 Å². The molecule has 3 rings (SSSR count). The van der Waals surface area contributed by atoms with E-state index in [9.17, 15) is 14.4 Å². The van der Waals surface area contributed by atoms with Gasteiger partial charge in [-0.3, -0.25) is 19.3 Å². The molecule has 1 N–H and O–H groups in total. The Balaban J connectivity index is 1.96. The van der Waals surface area contributed by atoms with Gasteiger partial charge in [0.1, 0.15) is 6.04 Å². The maximum atomic E-state index is 13.3. The highest BCUT2D eigenvalue weighted by Gasteiger charge is 2.42. The van der Waals surface area contributed by atoms with Crippen LogP contribution in [-0.4, -0.2) is 28.7 Å². The van der Waals surface area contributed by atoms with Gasteiger partial charge in [-0.25, -0.2) is 0 Å². The topological polar surface area (TPSA) is 66.5 Å². The van der Waals surface area contributed by atoms with Crippen molar-refractivity contribution in [3.8, 4) is 0 Å². The molecular weight excluding hydrogens is 364 g/mol. The third kappa shape index (κ3) is 3.95. The Labute approximate surface area is 172 Å². The summed E-state index contributed by atoms with van der Waals surface area (Å²) in [5.74, 6) is -0.769. The van der Waals surface area contributed by atoms with Crippen molar-refractivity contribution in [2.24, 2.45) is 5.92 Å². The number of hydrogen-bond donors (Lipinski definition) is 1. The Morgan fingerprint density at radius 3 is 2.03 bits per heavy atom. The molecule has 1 unspecified atom stereocenters. The van der Waals surface area contributed by atoms with Crippen LogP contribution in [0.4, 0.5) is 5.69 Å². The lowest BCUT2D eigenvalue weighted by molar-refractivity contribution is -0.120. The Hall–Kier alpha value is -2.95. The Bertz CT molecular complexity index is 927. The van der Waals surface area contributed by atoms with E-state index in [1.165, 1.54) is 0 Å². The van der Waals surface area contributed by atoms with Crippen LogP contribution in [0.25, 0.3) is 0 Å². The van der Waals surface area contributed by atoms with Crippen LogP contribution < -0.4 is 5.32 Å². The van der Waals surface area contributed by atoms with Crippen molar-refractivity contribution < 1.29 is 14.4 Å². The maximum absolute atomic E-state index is 13.3. The van der Waals surface area contributed by atoms with E-state index in [1.54, 1.807) is 24.3 Å². The van der Waals surface area contributed by atoms with E-state index in [2.05, 4.69) is 19.2 Å². The first-order valence-corrected chi connectivity index (χ1v) is 10.1. The molecule has 3 amide bonds. The quantitative estimate of drug-likeness (QED) is 0.720. The van der Waals surface area contributed by atoms with Crippen LogP contribution in [0.3, 0.4) is 0 Å². The predicted octanol–water partition coefficient (Wildman–Crippen LogP) is 4.77. The summed E-state index contributed by atoms with van der Waals surface area (Å²) in [5, 5.41) is 3.03. The van der Waals surface area contributed by atoms with Crippen molar-refractivity contribution in [2.75, 3.05) is 5.32 Å². The van der Waals surface area contributed by atoms with Gasteiger partial charge in [0.15, 0.2) is 0 Å². The molecule has 1 aliphatic rings. The molecule has 1 aliphatic heterocycles. The average Bonchev–Trinajstić information content (AvgIpc) is 2.92. The van der Waals surface area contributed by atoms with Crippen molar-refractivity contribution in [1.82, 2.24) is 4.90 Å². The van der Waals surface area contributed by atoms with Crippen LogP contribution in [0.15, 0.2) is 42.5 Å². The van der Waals surface area contributed by atoms with Gasteiger partial charge in [0, 0.05) is 5.69 Å². The van der Waals surface area contributed by atoms with Gasteiger partial charge in [-0.15, -0.1) is 0 Å². The van der Waals surface area contributed by atoms with Gasteiger partial charge in [0.2, 0.25) is 5.91 Å². The molecule has 5 nitrogen and oxygen atoms in total. The summed E-state index contributed by atoms with van der Waals surface area (Å²) in [4.78, 5) is 40.4. The SMILES string of the molecule is Cc1cccc(C(C)C)c1NC(=O)C(CC(C)C)N1C(=O)c2ccccc2C1=O. The first-order chi connectivity index (χ1) is 13.7. The minimum absolute atomic E-state index is 0.136. The second-order valence-corrected chi connectivity index (χ2v) is 8.35. The van der Waals surface area contributed by atoms with Crippen molar-refractivity contribution in [3.63, 3.8) is 0 Å². The number of anilines is 1. The summed E-state index contributed by atoms with van der Waals surface area (Å²) >= 11 is 0. The van der Waals surface area contributed by atoms with Crippen LogP contribution in [0.5, 0.6) is 0 Å². The first kappa shape index (κ1) is 20.8. The Kier molecular flexibility index (Phi) is 5.87. The first-order valence-electron chi connectivity index (χ1n) is 10.1. The minimum Gasteiger partial charge on any atom is -0.324 e. The van der Waals surface area contributed by atoms with Gasteiger partial charge < -0.3 is 5.32 Å². The number of nitrogens with zero attached hydrogens (tertiary/aromatic N) is 1. The van der Waals surface area contributed by atoms with Gasteiger partial charge >= 0.3 is 0 Å². The summed E-state index contributed by atoms with van der Waals surface area (Å²) in [7, 11) is 0. The normalized spacial score (nSPS) is 14.5. The average molecular weight is 392 g/mol. The number of benzene rings is 2. The van der Waals surface area contributed by atoms with E-state index in [-0.39, 0.29) is 17.7 Å². The third-order valence-electron chi connectivity index (χ3n) is 5.31. The molecule has 0 spiro atoms. The number of carbonyl (C=O) groups is 3. The van der Waals surface area contributed by atoms with E-state index in [1.807, 2.05) is 39.0 Å². The summed E-state index contributed by atoms with van der Waals surface area (Å²) < 4.78 is 0. The maximum Gasteiger partial charge on any atom is 0.262 e. The molecule has 29 heavy (non-hydrogen) atoms. The van der Waals surface area contributed by atoms with Crippen LogP contribution >= 0.6 is 0 Å². The molecule has 0 aliphatic carbocycles. The molecule has 1 heterocycles. The van der Waals surface area contributed by atoms with Gasteiger partial charge in [0.05, 0.1) is 11.1 Å². The molecule has 0 bridgehead atoms. The predicted molar refractivity (Wildman–Crippen MR) is 114 cm³/mol.